The van der Waals surface area contributed by atoms with E-state index in [1.54, 1.807) is 18.9 Å². The highest BCUT2D eigenvalue weighted by Gasteiger charge is 2.46. The van der Waals surface area contributed by atoms with Crippen LogP contribution in [-0.4, -0.2) is 76.8 Å². The highest BCUT2D eigenvalue weighted by atomic mass is 32.1. The van der Waals surface area contributed by atoms with E-state index in [4.69, 9.17) is 19.1 Å². The summed E-state index contributed by atoms with van der Waals surface area (Å²) in [6, 6.07) is 4.08. The van der Waals surface area contributed by atoms with Crippen LogP contribution in [-0.2, 0) is 16.1 Å². The van der Waals surface area contributed by atoms with Gasteiger partial charge in [0.25, 0.3) is 5.91 Å². The molecule has 0 unspecified atom stereocenters. The number of likely N-dealkylation sites (tertiary alicyclic amines) is 2. The second kappa shape index (κ2) is 9.79. The maximum absolute atomic E-state index is 12.8. The Labute approximate surface area is 180 Å². The largest absolute Gasteiger partial charge is 0.490 e. The van der Waals surface area contributed by atoms with Crippen molar-refractivity contribution < 1.29 is 37.0 Å². The van der Waals surface area contributed by atoms with Crippen molar-refractivity contribution in [3.63, 3.8) is 0 Å². The van der Waals surface area contributed by atoms with Crippen molar-refractivity contribution in [1.29, 1.82) is 0 Å². The lowest BCUT2D eigenvalue weighted by Gasteiger charge is -2.40. The SMILES string of the molecule is CO[C@@H]1CCN(C(=O)c2cscn2)[C@@H]2CN(Cc3ccco3)C[C@@H]21.O=C(O)C(F)(F)F. The van der Waals surface area contributed by atoms with E-state index in [2.05, 4.69) is 9.88 Å². The average molecular weight is 461 g/mol. The van der Waals surface area contributed by atoms with Crippen molar-refractivity contribution in [2.75, 3.05) is 26.7 Å². The Balaban J connectivity index is 0.000000339. The summed E-state index contributed by atoms with van der Waals surface area (Å²) in [6.45, 7) is 3.27. The molecule has 8 nitrogen and oxygen atoms in total. The number of halogens is 3. The molecule has 3 atom stereocenters. The minimum absolute atomic E-state index is 0.0423. The summed E-state index contributed by atoms with van der Waals surface area (Å²) < 4.78 is 42.9. The highest BCUT2D eigenvalue weighted by Crippen LogP contribution is 2.34. The summed E-state index contributed by atoms with van der Waals surface area (Å²) in [5.74, 6) is -1.42. The van der Waals surface area contributed by atoms with E-state index in [-0.39, 0.29) is 18.1 Å². The van der Waals surface area contributed by atoms with Gasteiger partial charge in [-0.05, 0) is 18.6 Å². The minimum Gasteiger partial charge on any atom is -0.475 e. The van der Waals surface area contributed by atoms with E-state index in [9.17, 15) is 18.0 Å². The number of carbonyl (C=O) groups excluding carboxylic acids is 1. The molecule has 2 aliphatic rings. The number of furan rings is 1. The number of fused-ring (bicyclic) bond motifs is 1. The van der Waals surface area contributed by atoms with Gasteiger partial charge in [-0.3, -0.25) is 9.69 Å². The van der Waals surface area contributed by atoms with Gasteiger partial charge < -0.3 is 19.2 Å². The normalized spacial score (nSPS) is 23.7. The number of carbonyl (C=O) groups is 2. The first kappa shape index (κ1) is 23.2. The molecule has 31 heavy (non-hydrogen) atoms. The van der Waals surface area contributed by atoms with Crippen molar-refractivity contribution >= 4 is 23.2 Å². The number of rotatable bonds is 4. The first-order valence-electron chi connectivity index (χ1n) is 9.47. The number of carboxylic acids is 1. The fourth-order valence-corrected chi connectivity index (χ4v) is 4.52. The number of piperidine rings is 1. The number of hydrogen-bond donors (Lipinski definition) is 1. The number of aliphatic carboxylic acids is 1. The number of ether oxygens (including phenoxy) is 1. The summed E-state index contributed by atoms with van der Waals surface area (Å²) in [5, 5.41) is 8.95. The average Bonchev–Trinajstić information content (AvgIpc) is 3.48. The van der Waals surface area contributed by atoms with Gasteiger partial charge in [0.2, 0.25) is 0 Å². The Morgan fingerprint density at radius 2 is 2.13 bits per heavy atom. The van der Waals surface area contributed by atoms with E-state index in [0.717, 1.165) is 38.4 Å². The van der Waals surface area contributed by atoms with Crippen molar-refractivity contribution in [3.8, 4) is 0 Å². The molecule has 1 N–H and O–H groups in total. The van der Waals surface area contributed by atoms with Gasteiger partial charge in [-0.2, -0.15) is 13.2 Å². The van der Waals surface area contributed by atoms with Crippen LogP contribution in [0.5, 0.6) is 0 Å². The summed E-state index contributed by atoms with van der Waals surface area (Å²) in [6.07, 6.45) is -2.30. The second-order valence-corrected chi connectivity index (χ2v) is 7.96. The van der Waals surface area contributed by atoms with Crippen LogP contribution < -0.4 is 0 Å². The Morgan fingerprint density at radius 3 is 2.68 bits per heavy atom. The number of aromatic nitrogens is 1. The number of thiazole rings is 1. The van der Waals surface area contributed by atoms with E-state index in [1.165, 1.54) is 11.3 Å². The monoisotopic (exact) mass is 461 g/mol. The zero-order valence-electron chi connectivity index (χ0n) is 16.6. The third kappa shape index (κ3) is 5.63. The molecule has 2 aromatic rings. The summed E-state index contributed by atoms with van der Waals surface area (Å²) >= 11 is 1.46. The lowest BCUT2D eigenvalue weighted by atomic mass is 9.89. The third-order valence-corrected chi connectivity index (χ3v) is 5.94. The first-order chi connectivity index (χ1) is 14.7. The lowest BCUT2D eigenvalue weighted by molar-refractivity contribution is -0.192. The van der Waals surface area contributed by atoms with E-state index < -0.39 is 12.1 Å². The first-order valence-corrected chi connectivity index (χ1v) is 10.4. The van der Waals surface area contributed by atoms with Crippen LogP contribution in [0, 0.1) is 5.92 Å². The van der Waals surface area contributed by atoms with Gasteiger partial charge in [-0.15, -0.1) is 11.3 Å². The summed E-state index contributed by atoms with van der Waals surface area (Å²) in [4.78, 5) is 30.3. The maximum atomic E-state index is 12.8. The van der Waals surface area contributed by atoms with Crippen LogP contribution >= 0.6 is 11.3 Å². The van der Waals surface area contributed by atoms with Gasteiger partial charge >= 0.3 is 12.1 Å². The molecule has 2 aromatic heterocycles. The third-order valence-electron chi connectivity index (χ3n) is 5.36. The molecule has 0 bridgehead atoms. The molecular formula is C19H22F3N3O5S. The van der Waals surface area contributed by atoms with Crippen molar-refractivity contribution in [2.45, 2.75) is 31.3 Å². The van der Waals surface area contributed by atoms with Crippen LogP contribution in [0.4, 0.5) is 13.2 Å². The molecule has 0 spiro atoms. The zero-order valence-corrected chi connectivity index (χ0v) is 17.4. The van der Waals surface area contributed by atoms with Gasteiger partial charge in [0.15, 0.2) is 0 Å². The van der Waals surface area contributed by atoms with E-state index in [0.29, 0.717) is 11.6 Å². The molecule has 170 valence electrons. The predicted octanol–water partition coefficient (Wildman–Crippen LogP) is 2.73. The van der Waals surface area contributed by atoms with Gasteiger partial charge in [0, 0.05) is 38.0 Å². The van der Waals surface area contributed by atoms with Crippen molar-refractivity contribution in [3.05, 3.63) is 40.7 Å². The van der Waals surface area contributed by atoms with Crippen LogP contribution in [0.3, 0.4) is 0 Å². The molecule has 12 heteroatoms. The van der Waals surface area contributed by atoms with Crippen LogP contribution in [0.25, 0.3) is 0 Å². The molecule has 0 radical (unpaired) electrons. The molecule has 4 heterocycles. The zero-order chi connectivity index (χ0) is 22.6. The number of amides is 1. The molecule has 4 rings (SSSR count). The van der Waals surface area contributed by atoms with Crippen LogP contribution in [0.1, 0.15) is 22.7 Å². The molecule has 0 aliphatic carbocycles. The maximum Gasteiger partial charge on any atom is 0.490 e. The molecule has 2 saturated heterocycles. The topological polar surface area (TPSA) is 96.1 Å². The Hall–Kier alpha value is -2.44. The Morgan fingerprint density at radius 1 is 1.39 bits per heavy atom. The van der Waals surface area contributed by atoms with E-state index >= 15 is 0 Å². The van der Waals surface area contributed by atoms with Crippen LogP contribution in [0.15, 0.2) is 33.7 Å². The smallest absolute Gasteiger partial charge is 0.475 e. The number of methoxy groups -OCH3 is 1. The fourth-order valence-electron chi connectivity index (χ4n) is 4.00. The van der Waals surface area contributed by atoms with Crippen molar-refractivity contribution in [2.24, 2.45) is 5.92 Å². The number of alkyl halides is 3. The second-order valence-electron chi connectivity index (χ2n) is 7.24. The molecule has 0 saturated carbocycles. The van der Waals surface area contributed by atoms with Crippen LogP contribution in [0.2, 0.25) is 0 Å². The molecule has 1 amide bonds. The van der Waals surface area contributed by atoms with Gasteiger partial charge in [0.05, 0.1) is 30.5 Å². The summed E-state index contributed by atoms with van der Waals surface area (Å²) in [5.41, 5.74) is 2.27. The number of nitrogens with zero attached hydrogens (tertiary/aromatic N) is 3. The van der Waals surface area contributed by atoms with Crippen molar-refractivity contribution in [1.82, 2.24) is 14.8 Å². The lowest BCUT2D eigenvalue weighted by Crippen LogP contribution is -2.53. The molecule has 0 aromatic carbocycles. The predicted molar refractivity (Wildman–Crippen MR) is 104 cm³/mol. The van der Waals surface area contributed by atoms with Gasteiger partial charge in [-0.25, -0.2) is 9.78 Å². The fraction of sp³-hybridized carbons (Fsp3) is 0.526. The Kier molecular flexibility index (Phi) is 7.34. The van der Waals surface area contributed by atoms with Gasteiger partial charge in [-0.1, -0.05) is 0 Å². The standard InChI is InChI=1S/C17H21N3O3S.C2HF3O2/c1-22-16-4-5-20(17(21)14-10-24-11-18-14)15-9-19(8-13(15)16)7-12-3-2-6-23-12;3-2(4,5)1(6)7/h2-3,6,10-11,13,15-16H,4-5,7-9H2,1H3;(H,6,7)/t13-,15+,16+;/m0./s1. The number of hydrogen-bond acceptors (Lipinski definition) is 7. The highest BCUT2D eigenvalue weighted by molar-refractivity contribution is 7.07. The quantitative estimate of drug-likeness (QED) is 0.748. The minimum atomic E-state index is -5.08. The summed E-state index contributed by atoms with van der Waals surface area (Å²) in [7, 11) is 1.77. The molecular weight excluding hydrogens is 439 g/mol. The van der Waals surface area contributed by atoms with Gasteiger partial charge in [0.1, 0.15) is 11.5 Å². The van der Waals surface area contributed by atoms with E-state index in [1.807, 2.05) is 22.4 Å². The number of carboxylic acid groups (broad SMARTS) is 1. The molecule has 2 fully saturated rings. The Bertz CT molecular complexity index is 860. The molecule has 2 aliphatic heterocycles.